The van der Waals surface area contributed by atoms with Gasteiger partial charge in [-0.1, -0.05) is 11.8 Å². The SMILES string of the molecule is CC(=O)c1ccc(C#CCO)s1. The summed E-state index contributed by atoms with van der Waals surface area (Å²) in [5.41, 5.74) is 0. The third-order valence-electron chi connectivity index (χ3n) is 1.24. The molecule has 0 fully saturated rings. The predicted octanol–water partition coefficient (Wildman–Crippen LogP) is 1.29. The van der Waals surface area contributed by atoms with E-state index in [9.17, 15) is 4.79 Å². The van der Waals surface area contributed by atoms with Gasteiger partial charge in [0.25, 0.3) is 0 Å². The molecule has 0 radical (unpaired) electrons. The Labute approximate surface area is 74.9 Å². The zero-order chi connectivity index (χ0) is 8.97. The van der Waals surface area contributed by atoms with Crippen molar-refractivity contribution < 1.29 is 9.90 Å². The molecule has 1 N–H and O–H groups in total. The van der Waals surface area contributed by atoms with Crippen molar-refractivity contribution in [3.05, 3.63) is 21.9 Å². The summed E-state index contributed by atoms with van der Waals surface area (Å²) in [6.45, 7) is 1.38. The Bertz CT molecular complexity index is 341. The number of aliphatic hydroxyl groups is 1. The van der Waals surface area contributed by atoms with Crippen LogP contribution in [0, 0.1) is 11.8 Å². The molecule has 1 aromatic heterocycles. The normalized spacial score (nSPS) is 8.83. The maximum Gasteiger partial charge on any atom is 0.169 e. The van der Waals surface area contributed by atoms with Crippen LogP contribution < -0.4 is 0 Å². The molecule has 0 bridgehead atoms. The Kier molecular flexibility index (Phi) is 3.03. The first-order valence-corrected chi connectivity index (χ1v) is 4.26. The summed E-state index contributed by atoms with van der Waals surface area (Å²) in [4.78, 5) is 12.4. The van der Waals surface area contributed by atoms with Crippen molar-refractivity contribution >= 4 is 17.1 Å². The first-order chi connectivity index (χ1) is 5.74. The number of hydrogen-bond acceptors (Lipinski definition) is 3. The minimum atomic E-state index is -0.146. The molecular weight excluding hydrogens is 172 g/mol. The summed E-state index contributed by atoms with van der Waals surface area (Å²) < 4.78 is 0. The van der Waals surface area contributed by atoms with Gasteiger partial charge in [-0.2, -0.15) is 0 Å². The monoisotopic (exact) mass is 180 g/mol. The van der Waals surface area contributed by atoms with E-state index in [0.717, 1.165) is 4.88 Å². The fourth-order valence-corrected chi connectivity index (χ4v) is 1.50. The van der Waals surface area contributed by atoms with Gasteiger partial charge < -0.3 is 5.11 Å². The minimum absolute atomic E-state index is 0.0528. The first-order valence-electron chi connectivity index (χ1n) is 3.44. The average molecular weight is 180 g/mol. The number of carbonyl (C=O) groups is 1. The second-order valence-corrected chi connectivity index (χ2v) is 3.26. The Morgan fingerprint density at radius 1 is 1.67 bits per heavy atom. The quantitative estimate of drug-likeness (QED) is 0.522. The zero-order valence-electron chi connectivity index (χ0n) is 6.63. The fraction of sp³-hybridized carbons (Fsp3) is 0.222. The van der Waals surface area contributed by atoms with Crippen LogP contribution in [0.4, 0.5) is 0 Å². The van der Waals surface area contributed by atoms with E-state index >= 15 is 0 Å². The van der Waals surface area contributed by atoms with Crippen LogP contribution in [-0.4, -0.2) is 17.5 Å². The van der Waals surface area contributed by atoms with Gasteiger partial charge in [-0.3, -0.25) is 4.79 Å². The van der Waals surface area contributed by atoms with Crippen molar-refractivity contribution in [2.45, 2.75) is 6.92 Å². The highest BCUT2D eigenvalue weighted by Gasteiger charge is 2.01. The average Bonchev–Trinajstić information content (AvgIpc) is 2.48. The molecule has 0 saturated heterocycles. The third-order valence-corrected chi connectivity index (χ3v) is 2.35. The van der Waals surface area contributed by atoms with Crippen LogP contribution in [0.15, 0.2) is 12.1 Å². The maximum absolute atomic E-state index is 10.8. The number of hydrogen-bond donors (Lipinski definition) is 1. The standard InChI is InChI=1S/C9H8O2S/c1-7(11)9-5-4-8(12-9)3-2-6-10/h4-5,10H,6H2,1H3. The molecule has 2 nitrogen and oxygen atoms in total. The van der Waals surface area contributed by atoms with E-state index in [4.69, 9.17) is 5.11 Å². The lowest BCUT2D eigenvalue weighted by atomic mass is 10.3. The van der Waals surface area contributed by atoms with Gasteiger partial charge in [-0.15, -0.1) is 11.3 Å². The smallest absolute Gasteiger partial charge is 0.169 e. The Hall–Kier alpha value is -1.11. The van der Waals surface area contributed by atoms with Gasteiger partial charge in [0.05, 0.1) is 9.75 Å². The van der Waals surface area contributed by atoms with E-state index in [2.05, 4.69) is 11.8 Å². The van der Waals surface area contributed by atoms with E-state index in [1.54, 1.807) is 12.1 Å². The molecule has 0 saturated carbocycles. The van der Waals surface area contributed by atoms with Gasteiger partial charge in [0, 0.05) is 0 Å². The van der Waals surface area contributed by atoms with Crippen molar-refractivity contribution in [2.24, 2.45) is 0 Å². The first kappa shape index (κ1) is 8.98. The van der Waals surface area contributed by atoms with Crippen LogP contribution in [-0.2, 0) is 0 Å². The molecule has 0 aliphatic rings. The molecule has 0 amide bonds. The molecule has 0 spiro atoms. The molecule has 12 heavy (non-hydrogen) atoms. The number of aliphatic hydroxyl groups excluding tert-OH is 1. The second-order valence-electron chi connectivity index (χ2n) is 2.18. The van der Waals surface area contributed by atoms with Crippen LogP contribution in [0.1, 0.15) is 21.5 Å². The highest BCUT2D eigenvalue weighted by atomic mass is 32.1. The van der Waals surface area contributed by atoms with Gasteiger partial charge >= 0.3 is 0 Å². The highest BCUT2D eigenvalue weighted by Crippen LogP contribution is 2.15. The largest absolute Gasteiger partial charge is 0.384 e. The van der Waals surface area contributed by atoms with Crippen LogP contribution in [0.25, 0.3) is 0 Å². The second kappa shape index (κ2) is 4.05. The van der Waals surface area contributed by atoms with E-state index in [0.29, 0.717) is 4.88 Å². The van der Waals surface area contributed by atoms with Gasteiger partial charge in [-0.25, -0.2) is 0 Å². The summed E-state index contributed by atoms with van der Waals surface area (Å²) in [5, 5.41) is 8.41. The van der Waals surface area contributed by atoms with E-state index in [-0.39, 0.29) is 12.4 Å². The number of Topliss-reactive ketones (excluding diaryl/α,β-unsaturated/α-hetero) is 1. The predicted molar refractivity (Wildman–Crippen MR) is 48.3 cm³/mol. The van der Waals surface area contributed by atoms with E-state index in [1.165, 1.54) is 18.3 Å². The van der Waals surface area contributed by atoms with Gasteiger partial charge in [0.1, 0.15) is 6.61 Å². The number of rotatable bonds is 1. The van der Waals surface area contributed by atoms with Crippen LogP contribution in [0.2, 0.25) is 0 Å². The molecule has 0 aromatic carbocycles. The van der Waals surface area contributed by atoms with Crippen molar-refractivity contribution in [3.8, 4) is 11.8 Å². The van der Waals surface area contributed by atoms with Gasteiger partial charge in [0.2, 0.25) is 0 Å². The topological polar surface area (TPSA) is 37.3 Å². The molecular formula is C9H8O2S. The lowest BCUT2D eigenvalue weighted by Crippen LogP contribution is -1.83. The van der Waals surface area contributed by atoms with E-state index in [1.807, 2.05) is 0 Å². The zero-order valence-corrected chi connectivity index (χ0v) is 7.44. The summed E-state index contributed by atoms with van der Waals surface area (Å²) in [6.07, 6.45) is 0. The van der Waals surface area contributed by atoms with Crippen LogP contribution in [0.5, 0.6) is 0 Å². The third kappa shape index (κ3) is 2.19. The molecule has 1 aromatic rings. The lowest BCUT2D eigenvalue weighted by Gasteiger charge is -1.81. The van der Waals surface area contributed by atoms with E-state index < -0.39 is 0 Å². The van der Waals surface area contributed by atoms with Crippen LogP contribution >= 0.6 is 11.3 Å². The Morgan fingerprint density at radius 3 is 2.92 bits per heavy atom. The Morgan fingerprint density at radius 2 is 2.42 bits per heavy atom. The molecule has 3 heteroatoms. The molecule has 1 rings (SSSR count). The molecule has 0 unspecified atom stereocenters. The number of ketones is 1. The minimum Gasteiger partial charge on any atom is -0.384 e. The fourth-order valence-electron chi connectivity index (χ4n) is 0.721. The summed E-state index contributed by atoms with van der Waals surface area (Å²) >= 11 is 1.35. The molecule has 1 heterocycles. The van der Waals surface area contributed by atoms with Crippen molar-refractivity contribution in [1.82, 2.24) is 0 Å². The highest BCUT2D eigenvalue weighted by molar-refractivity contribution is 7.14. The number of carbonyl (C=O) groups excluding carboxylic acids is 1. The molecule has 62 valence electrons. The summed E-state index contributed by atoms with van der Waals surface area (Å²) in [7, 11) is 0. The van der Waals surface area contributed by atoms with Crippen LogP contribution in [0.3, 0.4) is 0 Å². The Balaban J connectivity index is 2.84. The molecule has 0 atom stereocenters. The number of thiophene rings is 1. The van der Waals surface area contributed by atoms with Gasteiger partial charge in [-0.05, 0) is 19.1 Å². The van der Waals surface area contributed by atoms with Crippen molar-refractivity contribution in [1.29, 1.82) is 0 Å². The van der Waals surface area contributed by atoms with Crippen molar-refractivity contribution in [2.75, 3.05) is 6.61 Å². The van der Waals surface area contributed by atoms with Crippen molar-refractivity contribution in [3.63, 3.8) is 0 Å². The molecule has 0 aliphatic carbocycles. The maximum atomic E-state index is 10.8. The van der Waals surface area contributed by atoms with Gasteiger partial charge in [0.15, 0.2) is 5.78 Å². The lowest BCUT2D eigenvalue weighted by molar-refractivity contribution is 0.102. The molecule has 0 aliphatic heterocycles. The summed E-state index contributed by atoms with van der Waals surface area (Å²) in [6, 6.07) is 3.53. The summed E-state index contributed by atoms with van der Waals surface area (Å²) in [5.74, 6) is 5.31.